The number of ether oxygens (including phenoxy) is 1. The van der Waals surface area contributed by atoms with Crippen molar-refractivity contribution in [2.75, 3.05) is 13.2 Å². The zero-order valence-electron chi connectivity index (χ0n) is 6.89. The maximum atomic E-state index is 9.97. The Morgan fingerprint density at radius 2 is 1.62 bits per heavy atom. The third-order valence-corrected chi connectivity index (χ3v) is 0.580. The number of hydrogen-bond acceptors (Lipinski definition) is 4. The van der Waals surface area contributed by atoms with E-state index in [0.29, 0.717) is 0 Å². The zero-order valence-corrected chi connectivity index (χ0v) is 7.78. The number of carbonyl (C=O) groups excluding carboxylic acids is 1. The molecular formula is C6H10O6S. The second kappa shape index (κ2) is 9.01. The summed E-state index contributed by atoms with van der Waals surface area (Å²) in [7, 11) is 0. The Morgan fingerprint density at radius 1 is 1.23 bits per heavy atom. The van der Waals surface area contributed by atoms with Crippen molar-refractivity contribution in [1.82, 2.24) is 0 Å². The Balaban J connectivity index is 0. The molecule has 76 valence electrons. The molecule has 0 aromatic rings. The van der Waals surface area contributed by atoms with E-state index >= 15 is 0 Å². The fraction of sp³-hybridized carbons (Fsp3) is 0.500. The van der Waals surface area contributed by atoms with E-state index in [1.807, 2.05) is 0 Å². The summed E-state index contributed by atoms with van der Waals surface area (Å²) in [6, 6.07) is 0. The molecule has 0 fully saturated rings. The molecule has 2 N–H and O–H groups in total. The maximum Gasteiger partial charge on any atom is 0.329 e. The monoisotopic (exact) mass is 210 g/mol. The summed E-state index contributed by atoms with van der Waals surface area (Å²) in [6.07, 6.45) is 0. The molecule has 0 spiro atoms. The van der Waals surface area contributed by atoms with Gasteiger partial charge in [-0.05, 0) is 0 Å². The smallest absolute Gasteiger partial charge is 0.329 e. The van der Waals surface area contributed by atoms with Gasteiger partial charge in [-0.1, -0.05) is 0 Å². The van der Waals surface area contributed by atoms with Gasteiger partial charge in [0.15, 0.2) is 0 Å². The van der Waals surface area contributed by atoms with Crippen molar-refractivity contribution in [2.24, 2.45) is 0 Å². The second-order valence-electron chi connectivity index (χ2n) is 1.80. The Hall–Kier alpha value is -1.08. The van der Waals surface area contributed by atoms with E-state index in [9.17, 15) is 9.59 Å². The topological polar surface area (TPSA) is 101 Å². The Kier molecular flexibility index (Phi) is 10.0. The summed E-state index contributed by atoms with van der Waals surface area (Å²) in [5.41, 5.74) is 0. The quantitative estimate of drug-likeness (QED) is 0.547. The van der Waals surface area contributed by atoms with Gasteiger partial charge in [-0.15, -0.1) is 12.6 Å². The molecule has 6 nitrogen and oxygen atoms in total. The lowest BCUT2D eigenvalue weighted by atomic mass is 10.7. The molecule has 0 atom stereocenters. The molecule has 0 unspecified atom stereocenters. The summed E-state index contributed by atoms with van der Waals surface area (Å²) < 4.78 is 4.33. The van der Waals surface area contributed by atoms with Crippen LogP contribution >= 0.6 is 12.6 Å². The summed E-state index contributed by atoms with van der Waals surface area (Å²) in [5.74, 6) is -1.93. The molecule has 0 saturated carbocycles. The lowest BCUT2D eigenvalue weighted by Gasteiger charge is -1.93. The summed E-state index contributed by atoms with van der Waals surface area (Å²) in [4.78, 5) is 28.7. The van der Waals surface area contributed by atoms with E-state index in [1.54, 1.807) is 0 Å². The minimum Gasteiger partial charge on any atom is -0.481 e. The molecule has 0 aliphatic carbocycles. The van der Waals surface area contributed by atoms with Crippen molar-refractivity contribution in [3.05, 3.63) is 0 Å². The Morgan fingerprint density at radius 3 is 1.85 bits per heavy atom. The molecular weight excluding hydrogens is 200 g/mol. The van der Waals surface area contributed by atoms with E-state index in [0.717, 1.165) is 6.92 Å². The van der Waals surface area contributed by atoms with Gasteiger partial charge in [-0.2, -0.15) is 0 Å². The summed E-state index contributed by atoms with van der Waals surface area (Å²) in [5, 5.41) is 14.9. The van der Waals surface area contributed by atoms with Gasteiger partial charge >= 0.3 is 5.97 Å². The van der Waals surface area contributed by atoms with Crippen LogP contribution in [-0.2, 0) is 19.1 Å². The first-order valence-electron chi connectivity index (χ1n) is 3.07. The largest absolute Gasteiger partial charge is 0.481 e. The van der Waals surface area contributed by atoms with Crippen LogP contribution in [0.3, 0.4) is 0 Å². The van der Waals surface area contributed by atoms with E-state index in [2.05, 4.69) is 17.4 Å². The molecule has 0 aromatic carbocycles. The van der Waals surface area contributed by atoms with E-state index in [-0.39, 0.29) is 6.61 Å². The maximum absolute atomic E-state index is 9.97. The second-order valence-corrected chi connectivity index (χ2v) is 2.30. The van der Waals surface area contributed by atoms with Crippen LogP contribution in [0.1, 0.15) is 6.92 Å². The van der Waals surface area contributed by atoms with Crippen LogP contribution < -0.4 is 0 Å². The fourth-order valence-electron chi connectivity index (χ4n) is 0.226. The highest BCUT2D eigenvalue weighted by Gasteiger charge is 1.97. The predicted octanol–water partition coefficient (Wildman–Crippen LogP) is -0.365. The number of carboxylic acid groups (broad SMARTS) is 2. The van der Waals surface area contributed by atoms with E-state index < -0.39 is 23.7 Å². The average Bonchev–Trinajstić information content (AvgIpc) is 1.83. The number of carbonyl (C=O) groups is 3. The first-order valence-corrected chi connectivity index (χ1v) is 3.51. The minimum atomic E-state index is -1.09. The van der Waals surface area contributed by atoms with Crippen LogP contribution in [0.15, 0.2) is 0 Å². The molecule has 0 bridgehead atoms. The SMILES string of the molecule is CC(=O)O.O=C(O)COCC(=O)S. The average molecular weight is 210 g/mol. The normalized spacial score (nSPS) is 8.15. The van der Waals surface area contributed by atoms with Crippen molar-refractivity contribution in [2.45, 2.75) is 6.92 Å². The van der Waals surface area contributed by atoms with E-state index in [1.165, 1.54) is 0 Å². The van der Waals surface area contributed by atoms with Gasteiger partial charge < -0.3 is 14.9 Å². The lowest BCUT2D eigenvalue weighted by molar-refractivity contribution is -0.142. The van der Waals surface area contributed by atoms with Crippen molar-refractivity contribution < 1.29 is 29.3 Å². The number of aliphatic carboxylic acids is 2. The molecule has 0 radical (unpaired) electrons. The number of rotatable bonds is 4. The number of carboxylic acids is 2. The van der Waals surface area contributed by atoms with Gasteiger partial charge in [-0.25, -0.2) is 4.79 Å². The Bertz CT molecular complexity index is 172. The van der Waals surface area contributed by atoms with Crippen molar-refractivity contribution in [3.63, 3.8) is 0 Å². The first-order chi connectivity index (χ1) is 5.86. The molecule has 0 amide bonds. The third kappa shape index (κ3) is 35.9. The number of thiol groups is 1. The molecule has 7 heteroatoms. The predicted molar refractivity (Wildman–Crippen MR) is 45.8 cm³/mol. The van der Waals surface area contributed by atoms with Crippen molar-refractivity contribution in [1.29, 1.82) is 0 Å². The van der Waals surface area contributed by atoms with Gasteiger partial charge in [0.2, 0.25) is 5.12 Å². The minimum absolute atomic E-state index is 0.255. The van der Waals surface area contributed by atoms with Crippen LogP contribution in [0.2, 0.25) is 0 Å². The fourth-order valence-corrected chi connectivity index (χ4v) is 0.317. The van der Waals surface area contributed by atoms with Crippen LogP contribution in [0.25, 0.3) is 0 Å². The van der Waals surface area contributed by atoms with Gasteiger partial charge in [0.05, 0.1) is 0 Å². The van der Waals surface area contributed by atoms with Gasteiger partial charge in [0, 0.05) is 6.92 Å². The third-order valence-electron chi connectivity index (χ3n) is 0.451. The highest BCUT2D eigenvalue weighted by molar-refractivity contribution is 7.96. The highest BCUT2D eigenvalue weighted by atomic mass is 32.1. The molecule has 13 heavy (non-hydrogen) atoms. The summed E-state index contributed by atoms with van der Waals surface area (Å²) >= 11 is 3.34. The molecule has 0 aliphatic rings. The van der Waals surface area contributed by atoms with Crippen LogP contribution in [-0.4, -0.2) is 40.5 Å². The molecule has 0 aromatic heterocycles. The van der Waals surface area contributed by atoms with Gasteiger partial charge in [-0.3, -0.25) is 9.59 Å². The standard InChI is InChI=1S/C4H6O4S.C2H4O2/c5-3(6)1-8-2-4(7)9;1-2(3)4/h1-2H2,(H,5,6)(H,7,9);1H3,(H,3,4). The number of hydrogen-bond donors (Lipinski definition) is 3. The van der Waals surface area contributed by atoms with Crippen LogP contribution in [0, 0.1) is 0 Å². The molecule has 0 saturated heterocycles. The van der Waals surface area contributed by atoms with Crippen molar-refractivity contribution >= 4 is 29.7 Å². The van der Waals surface area contributed by atoms with E-state index in [4.69, 9.17) is 15.0 Å². The van der Waals surface area contributed by atoms with Gasteiger partial charge in [0.25, 0.3) is 5.97 Å². The zero-order chi connectivity index (χ0) is 10.9. The summed E-state index contributed by atoms with van der Waals surface area (Å²) in [6.45, 7) is 0.377. The molecule has 0 aliphatic heterocycles. The first kappa shape index (κ1) is 14.4. The highest BCUT2D eigenvalue weighted by Crippen LogP contribution is 1.80. The molecule has 0 rings (SSSR count). The van der Waals surface area contributed by atoms with Gasteiger partial charge in [0.1, 0.15) is 13.2 Å². The van der Waals surface area contributed by atoms with Crippen molar-refractivity contribution in [3.8, 4) is 0 Å². The lowest BCUT2D eigenvalue weighted by Crippen LogP contribution is -2.10. The molecule has 0 heterocycles. The Labute approximate surface area is 79.9 Å². The van der Waals surface area contributed by atoms with Crippen LogP contribution in [0.5, 0.6) is 0 Å². The van der Waals surface area contributed by atoms with Crippen LogP contribution in [0.4, 0.5) is 0 Å².